The maximum absolute atomic E-state index is 9.07. The molecule has 0 saturated heterocycles. The van der Waals surface area contributed by atoms with Crippen LogP contribution < -0.4 is 4.74 Å². The Kier molecular flexibility index (Phi) is 5.71. The Hall–Kier alpha value is -1.92. The molecule has 0 amide bonds. The van der Waals surface area contributed by atoms with Gasteiger partial charge in [0.05, 0.1) is 25.8 Å². The Balaban J connectivity index is 2.13. The largest absolute Gasteiger partial charge is 0.496 e. The van der Waals surface area contributed by atoms with E-state index in [0.29, 0.717) is 30.6 Å². The van der Waals surface area contributed by atoms with Crippen LogP contribution in [0.4, 0.5) is 0 Å². The molecule has 1 N–H and O–H groups in total. The molecule has 21 heavy (non-hydrogen) atoms. The Labute approximate surface area is 124 Å². The number of benzene rings is 1. The molecule has 2 rings (SSSR count). The molecule has 2 aromatic rings. The first-order valence-electron chi connectivity index (χ1n) is 7.07. The first-order valence-corrected chi connectivity index (χ1v) is 7.07. The molecule has 6 nitrogen and oxygen atoms in total. The number of ether oxygens (including phenoxy) is 1. The van der Waals surface area contributed by atoms with Crippen molar-refractivity contribution in [2.45, 2.75) is 19.9 Å². The van der Waals surface area contributed by atoms with Gasteiger partial charge >= 0.3 is 0 Å². The predicted molar refractivity (Wildman–Crippen MR) is 78.9 cm³/mol. The molecule has 0 fully saturated rings. The van der Waals surface area contributed by atoms with Crippen LogP contribution in [0.5, 0.6) is 5.75 Å². The van der Waals surface area contributed by atoms with E-state index in [0.717, 1.165) is 18.5 Å². The van der Waals surface area contributed by atoms with Crippen LogP contribution in [0.1, 0.15) is 19.2 Å². The second-order valence-corrected chi connectivity index (χ2v) is 4.70. The third-order valence-corrected chi connectivity index (χ3v) is 3.12. The van der Waals surface area contributed by atoms with Crippen LogP contribution in [0.25, 0.3) is 11.5 Å². The van der Waals surface area contributed by atoms with E-state index >= 15 is 0 Å². The number of para-hydroxylation sites is 1. The lowest BCUT2D eigenvalue weighted by Gasteiger charge is -2.17. The maximum atomic E-state index is 9.07. The first-order chi connectivity index (χ1) is 10.3. The fraction of sp³-hybridized carbons (Fsp3) is 0.467. The van der Waals surface area contributed by atoms with Crippen LogP contribution in [-0.4, -0.2) is 47.0 Å². The molecule has 0 spiro atoms. The molecule has 1 aromatic carbocycles. The molecule has 0 radical (unpaired) electrons. The van der Waals surface area contributed by atoms with Gasteiger partial charge in [0.25, 0.3) is 5.89 Å². The molecular weight excluding hydrogens is 270 g/mol. The van der Waals surface area contributed by atoms with Crippen molar-refractivity contribution in [2.75, 3.05) is 26.8 Å². The third-order valence-electron chi connectivity index (χ3n) is 3.12. The number of aliphatic hydroxyl groups excluding tert-OH is 1. The second-order valence-electron chi connectivity index (χ2n) is 4.70. The van der Waals surface area contributed by atoms with Crippen molar-refractivity contribution < 1.29 is 14.3 Å². The van der Waals surface area contributed by atoms with E-state index in [4.69, 9.17) is 14.3 Å². The summed E-state index contributed by atoms with van der Waals surface area (Å²) in [5.41, 5.74) is 0.781. The summed E-state index contributed by atoms with van der Waals surface area (Å²) in [5, 5.41) is 17.2. The molecule has 0 atom stereocenters. The normalized spacial score (nSPS) is 11.0. The van der Waals surface area contributed by atoms with Crippen LogP contribution in [0, 0.1) is 0 Å². The molecule has 0 aliphatic heterocycles. The molecule has 1 heterocycles. The van der Waals surface area contributed by atoms with E-state index in [1.807, 2.05) is 24.3 Å². The van der Waals surface area contributed by atoms with Gasteiger partial charge in [-0.1, -0.05) is 19.1 Å². The summed E-state index contributed by atoms with van der Waals surface area (Å²) < 4.78 is 11.0. The van der Waals surface area contributed by atoms with Crippen molar-refractivity contribution in [3.8, 4) is 17.2 Å². The highest BCUT2D eigenvalue weighted by Crippen LogP contribution is 2.28. The van der Waals surface area contributed by atoms with Gasteiger partial charge in [-0.3, -0.25) is 4.90 Å². The minimum absolute atomic E-state index is 0.119. The van der Waals surface area contributed by atoms with Gasteiger partial charge in [0, 0.05) is 6.54 Å². The van der Waals surface area contributed by atoms with Gasteiger partial charge in [-0.05, 0) is 25.1 Å². The summed E-state index contributed by atoms with van der Waals surface area (Å²) in [6.45, 7) is 4.23. The van der Waals surface area contributed by atoms with E-state index in [1.165, 1.54) is 0 Å². The van der Waals surface area contributed by atoms with Crippen LogP contribution in [0.3, 0.4) is 0 Å². The van der Waals surface area contributed by atoms with Gasteiger partial charge in [-0.15, -0.1) is 10.2 Å². The zero-order valence-electron chi connectivity index (χ0n) is 12.5. The van der Waals surface area contributed by atoms with Gasteiger partial charge in [0.1, 0.15) is 5.75 Å². The quantitative estimate of drug-likeness (QED) is 0.801. The minimum atomic E-state index is 0.119. The van der Waals surface area contributed by atoms with E-state index in [-0.39, 0.29) is 6.61 Å². The number of aromatic nitrogens is 2. The van der Waals surface area contributed by atoms with Crippen LogP contribution in [0.15, 0.2) is 28.7 Å². The Morgan fingerprint density at radius 1 is 1.24 bits per heavy atom. The Morgan fingerprint density at radius 2 is 2.05 bits per heavy atom. The average molecular weight is 291 g/mol. The zero-order chi connectivity index (χ0) is 15.1. The number of methoxy groups -OCH3 is 1. The van der Waals surface area contributed by atoms with Crippen LogP contribution >= 0.6 is 0 Å². The van der Waals surface area contributed by atoms with Gasteiger partial charge in [-0.25, -0.2) is 0 Å². The van der Waals surface area contributed by atoms with Gasteiger partial charge in [0.15, 0.2) is 0 Å². The Morgan fingerprint density at radius 3 is 2.76 bits per heavy atom. The lowest BCUT2D eigenvalue weighted by molar-refractivity contribution is 0.179. The molecule has 0 unspecified atom stereocenters. The molecule has 114 valence electrons. The van der Waals surface area contributed by atoms with Crippen molar-refractivity contribution in [2.24, 2.45) is 0 Å². The van der Waals surface area contributed by atoms with Gasteiger partial charge < -0.3 is 14.3 Å². The second kappa shape index (κ2) is 7.75. The monoisotopic (exact) mass is 291 g/mol. The third kappa shape index (κ3) is 4.03. The smallest absolute Gasteiger partial charge is 0.251 e. The van der Waals surface area contributed by atoms with Gasteiger partial charge in [0.2, 0.25) is 5.89 Å². The molecule has 0 saturated carbocycles. The summed E-state index contributed by atoms with van der Waals surface area (Å²) in [7, 11) is 1.61. The van der Waals surface area contributed by atoms with Crippen molar-refractivity contribution in [1.29, 1.82) is 0 Å². The van der Waals surface area contributed by atoms with Crippen molar-refractivity contribution in [3.05, 3.63) is 30.2 Å². The summed E-state index contributed by atoms with van der Waals surface area (Å²) in [6.07, 6.45) is 1.01. The topological polar surface area (TPSA) is 71.6 Å². The number of hydrogen-bond acceptors (Lipinski definition) is 6. The SMILES string of the molecule is CCCN(CCO)Cc1nnc(-c2ccccc2OC)o1. The van der Waals surface area contributed by atoms with Crippen molar-refractivity contribution in [3.63, 3.8) is 0 Å². The van der Waals surface area contributed by atoms with E-state index < -0.39 is 0 Å². The van der Waals surface area contributed by atoms with Crippen LogP contribution in [0.2, 0.25) is 0 Å². The highest BCUT2D eigenvalue weighted by molar-refractivity contribution is 5.62. The molecule has 0 aliphatic carbocycles. The lowest BCUT2D eigenvalue weighted by atomic mass is 10.2. The lowest BCUT2D eigenvalue weighted by Crippen LogP contribution is -2.27. The molecular formula is C15H21N3O3. The van der Waals surface area contributed by atoms with Crippen molar-refractivity contribution in [1.82, 2.24) is 15.1 Å². The zero-order valence-corrected chi connectivity index (χ0v) is 12.5. The fourth-order valence-corrected chi connectivity index (χ4v) is 2.17. The summed E-state index contributed by atoms with van der Waals surface area (Å²) in [5.74, 6) is 1.69. The number of rotatable bonds is 8. The first kappa shape index (κ1) is 15.5. The molecule has 6 heteroatoms. The number of hydrogen-bond donors (Lipinski definition) is 1. The standard InChI is InChI=1S/C15H21N3O3/c1-3-8-18(9-10-19)11-14-16-17-15(21-14)12-6-4-5-7-13(12)20-2/h4-7,19H,3,8-11H2,1-2H3. The van der Waals surface area contributed by atoms with Crippen molar-refractivity contribution >= 4 is 0 Å². The van der Waals surface area contributed by atoms with E-state index in [2.05, 4.69) is 22.0 Å². The molecule has 0 aliphatic rings. The fourth-order valence-electron chi connectivity index (χ4n) is 2.17. The summed E-state index contributed by atoms with van der Waals surface area (Å²) in [6, 6.07) is 7.53. The highest BCUT2D eigenvalue weighted by atomic mass is 16.5. The maximum Gasteiger partial charge on any atom is 0.251 e. The number of nitrogens with zero attached hydrogens (tertiary/aromatic N) is 3. The predicted octanol–water partition coefficient (Wildman–Crippen LogP) is 1.95. The highest BCUT2D eigenvalue weighted by Gasteiger charge is 2.14. The Bertz CT molecular complexity index is 551. The van der Waals surface area contributed by atoms with E-state index in [1.54, 1.807) is 7.11 Å². The van der Waals surface area contributed by atoms with E-state index in [9.17, 15) is 0 Å². The summed E-state index contributed by atoms with van der Waals surface area (Å²) >= 11 is 0. The average Bonchev–Trinajstić information content (AvgIpc) is 2.96. The number of aliphatic hydroxyl groups is 1. The van der Waals surface area contributed by atoms with Gasteiger partial charge in [-0.2, -0.15) is 0 Å². The molecule has 0 bridgehead atoms. The summed E-state index contributed by atoms with van der Waals surface area (Å²) in [4.78, 5) is 2.08. The minimum Gasteiger partial charge on any atom is -0.496 e. The van der Waals surface area contributed by atoms with Crippen LogP contribution in [-0.2, 0) is 6.54 Å². The molecule has 1 aromatic heterocycles.